The Hall–Kier alpha value is -3.88. The molecule has 2 aliphatic heterocycles. The second kappa shape index (κ2) is 10.4. The highest BCUT2D eigenvalue weighted by atomic mass is 35.5. The van der Waals surface area contributed by atoms with Crippen LogP contribution in [0.4, 0.5) is 5.69 Å². The monoisotopic (exact) mass is 548 g/mol. The van der Waals surface area contributed by atoms with Gasteiger partial charge in [0.1, 0.15) is 17.0 Å². The molecule has 4 unspecified atom stereocenters. The maximum atomic E-state index is 14.0. The van der Waals surface area contributed by atoms with Crippen LogP contribution in [0.2, 0.25) is 5.02 Å². The molecule has 2 fully saturated rings. The Morgan fingerprint density at radius 3 is 2.36 bits per heavy atom. The van der Waals surface area contributed by atoms with Gasteiger partial charge in [-0.2, -0.15) is 0 Å². The number of hydrogen-bond acceptors (Lipinski definition) is 6. The van der Waals surface area contributed by atoms with Gasteiger partial charge in [0.2, 0.25) is 11.8 Å². The van der Waals surface area contributed by atoms with Crippen molar-refractivity contribution in [2.75, 3.05) is 11.5 Å². The molecule has 4 atom stereocenters. The number of benzene rings is 3. The van der Waals surface area contributed by atoms with Crippen LogP contribution >= 0.6 is 11.6 Å². The van der Waals surface area contributed by atoms with Gasteiger partial charge in [0.15, 0.2) is 0 Å². The molecule has 8 nitrogen and oxygen atoms in total. The van der Waals surface area contributed by atoms with E-state index in [1.807, 2.05) is 13.8 Å². The first-order valence-electron chi connectivity index (χ1n) is 12.8. The summed E-state index contributed by atoms with van der Waals surface area (Å²) in [7, 11) is 0. The number of carboxylic acid groups (broad SMARTS) is 1. The van der Waals surface area contributed by atoms with Gasteiger partial charge < -0.3 is 14.9 Å². The number of carbonyl (C=O) groups is 3. The predicted octanol–water partition coefficient (Wildman–Crippen LogP) is 4.66. The van der Waals surface area contributed by atoms with Crippen molar-refractivity contribution >= 4 is 35.1 Å². The molecule has 0 aromatic heterocycles. The summed E-state index contributed by atoms with van der Waals surface area (Å²) < 4.78 is 5.68. The number of imide groups is 1. The Morgan fingerprint density at radius 1 is 1.05 bits per heavy atom. The SMILES string of the molecule is CCCOc1ccc(C2NC(Cc3ccc(O)cc3)(C(=O)O)C3C(=O)N(c4ccc(C)c(Cl)c4)C(=O)C23)cc1. The minimum absolute atomic E-state index is 0.0400. The minimum atomic E-state index is -1.78. The van der Waals surface area contributed by atoms with E-state index in [1.54, 1.807) is 54.6 Å². The van der Waals surface area contributed by atoms with Crippen LogP contribution in [0.5, 0.6) is 11.5 Å². The zero-order valence-corrected chi connectivity index (χ0v) is 22.3. The highest BCUT2D eigenvalue weighted by Gasteiger charge is 2.68. The molecule has 2 amide bonds. The van der Waals surface area contributed by atoms with Crippen molar-refractivity contribution in [2.24, 2.45) is 11.8 Å². The summed E-state index contributed by atoms with van der Waals surface area (Å²) in [5, 5.41) is 24.0. The molecule has 0 saturated carbocycles. The minimum Gasteiger partial charge on any atom is -0.508 e. The molecule has 5 rings (SSSR count). The van der Waals surface area contributed by atoms with E-state index in [2.05, 4.69) is 5.32 Å². The largest absolute Gasteiger partial charge is 0.508 e. The van der Waals surface area contributed by atoms with E-state index in [1.165, 1.54) is 12.1 Å². The Morgan fingerprint density at radius 2 is 1.74 bits per heavy atom. The van der Waals surface area contributed by atoms with E-state index in [4.69, 9.17) is 16.3 Å². The molecule has 0 spiro atoms. The molecule has 202 valence electrons. The number of amides is 2. The number of phenolic OH excluding ortho intramolecular Hbond substituents is 1. The van der Waals surface area contributed by atoms with Gasteiger partial charge in [-0.3, -0.25) is 19.7 Å². The van der Waals surface area contributed by atoms with Gasteiger partial charge in [0, 0.05) is 17.5 Å². The Labute approximate surface area is 231 Å². The molecular weight excluding hydrogens is 520 g/mol. The molecule has 3 aromatic carbocycles. The first-order chi connectivity index (χ1) is 18.7. The van der Waals surface area contributed by atoms with Gasteiger partial charge in [-0.1, -0.05) is 48.9 Å². The molecule has 0 bridgehead atoms. The number of phenols is 1. The van der Waals surface area contributed by atoms with Crippen LogP contribution < -0.4 is 15.0 Å². The van der Waals surface area contributed by atoms with Crippen LogP contribution in [0.15, 0.2) is 66.7 Å². The van der Waals surface area contributed by atoms with Crippen molar-refractivity contribution in [2.45, 2.75) is 38.3 Å². The maximum Gasteiger partial charge on any atom is 0.325 e. The van der Waals surface area contributed by atoms with Gasteiger partial charge in [-0.15, -0.1) is 0 Å². The first kappa shape index (κ1) is 26.7. The van der Waals surface area contributed by atoms with Crippen molar-refractivity contribution < 1.29 is 29.3 Å². The topological polar surface area (TPSA) is 116 Å². The maximum absolute atomic E-state index is 14.0. The van der Waals surface area contributed by atoms with E-state index >= 15 is 0 Å². The quantitative estimate of drug-likeness (QED) is 0.351. The van der Waals surface area contributed by atoms with Crippen molar-refractivity contribution in [1.29, 1.82) is 0 Å². The van der Waals surface area contributed by atoms with E-state index in [0.29, 0.717) is 34.2 Å². The third-order valence-corrected chi connectivity index (χ3v) is 7.99. The number of nitrogens with zero attached hydrogens (tertiary/aromatic N) is 1. The lowest BCUT2D eigenvalue weighted by Gasteiger charge is -2.31. The third kappa shape index (κ3) is 4.64. The first-order valence-corrected chi connectivity index (χ1v) is 13.2. The van der Waals surface area contributed by atoms with Gasteiger partial charge in [0.25, 0.3) is 0 Å². The van der Waals surface area contributed by atoms with Crippen molar-refractivity contribution in [3.8, 4) is 11.5 Å². The van der Waals surface area contributed by atoms with Crippen molar-refractivity contribution in [1.82, 2.24) is 5.32 Å². The lowest BCUT2D eigenvalue weighted by Crippen LogP contribution is -2.57. The molecule has 0 aliphatic carbocycles. The number of aromatic hydroxyl groups is 1. The number of hydrogen-bond donors (Lipinski definition) is 3. The standard InChI is InChI=1S/C30H29ClN2O6/c1-3-14-39-22-12-7-19(8-13-22)26-24-25(28(36)33(27(24)35)20-9-4-17(2)23(31)15-20)30(32-26,29(37)38)16-18-5-10-21(34)11-6-18/h4-13,15,24-26,32,34H,3,14,16H2,1-2H3,(H,37,38). The fraction of sp³-hybridized carbons (Fsp3) is 0.300. The molecule has 39 heavy (non-hydrogen) atoms. The van der Waals surface area contributed by atoms with Crippen molar-refractivity contribution in [3.63, 3.8) is 0 Å². The van der Waals surface area contributed by atoms with Crippen LogP contribution in [0, 0.1) is 18.8 Å². The van der Waals surface area contributed by atoms with Crippen molar-refractivity contribution in [3.05, 3.63) is 88.4 Å². The zero-order valence-electron chi connectivity index (χ0n) is 21.6. The zero-order chi connectivity index (χ0) is 27.9. The third-order valence-electron chi connectivity index (χ3n) is 7.58. The average Bonchev–Trinajstić information content (AvgIpc) is 3.40. The number of fused-ring (bicyclic) bond motifs is 1. The molecular formula is C30H29ClN2O6. The number of aliphatic carboxylic acids is 1. The van der Waals surface area contributed by atoms with E-state index < -0.39 is 41.2 Å². The number of aryl methyl sites for hydroxylation is 1. The molecule has 2 saturated heterocycles. The Balaban J connectivity index is 1.61. The second-order valence-corrected chi connectivity index (χ2v) is 10.5. The summed E-state index contributed by atoms with van der Waals surface area (Å²) in [6, 6.07) is 17.5. The second-order valence-electron chi connectivity index (χ2n) is 10.1. The summed E-state index contributed by atoms with van der Waals surface area (Å²) in [4.78, 5) is 42.1. The van der Waals surface area contributed by atoms with Gasteiger partial charge in [0.05, 0.1) is 24.1 Å². The molecule has 2 aliphatic rings. The van der Waals surface area contributed by atoms with Gasteiger partial charge in [-0.05, 0) is 66.4 Å². The number of rotatable bonds is 8. The number of nitrogens with one attached hydrogen (secondary N) is 1. The fourth-order valence-electron chi connectivity index (χ4n) is 5.63. The molecule has 2 heterocycles. The summed E-state index contributed by atoms with van der Waals surface area (Å²) in [5.74, 6) is -3.76. The average molecular weight is 549 g/mol. The Kier molecular flexibility index (Phi) is 7.09. The smallest absolute Gasteiger partial charge is 0.325 e. The molecule has 3 N–H and O–H groups in total. The van der Waals surface area contributed by atoms with Crippen LogP contribution in [-0.2, 0) is 20.8 Å². The number of ether oxygens (including phenoxy) is 1. The highest BCUT2D eigenvalue weighted by Crippen LogP contribution is 2.51. The normalized spacial score (nSPS) is 24.2. The van der Waals surface area contributed by atoms with Crippen LogP contribution in [0.1, 0.15) is 36.1 Å². The number of anilines is 1. The van der Waals surface area contributed by atoms with E-state index in [0.717, 1.165) is 16.9 Å². The molecule has 0 radical (unpaired) electrons. The van der Waals surface area contributed by atoms with E-state index in [9.17, 15) is 24.6 Å². The van der Waals surface area contributed by atoms with Gasteiger partial charge >= 0.3 is 5.97 Å². The summed E-state index contributed by atoms with van der Waals surface area (Å²) >= 11 is 6.32. The van der Waals surface area contributed by atoms with Crippen LogP contribution in [0.25, 0.3) is 0 Å². The number of carboxylic acids is 1. The van der Waals surface area contributed by atoms with E-state index in [-0.39, 0.29) is 12.2 Å². The van der Waals surface area contributed by atoms with Gasteiger partial charge in [-0.25, -0.2) is 4.90 Å². The fourth-order valence-corrected chi connectivity index (χ4v) is 5.80. The Bertz CT molecular complexity index is 1420. The lowest BCUT2D eigenvalue weighted by atomic mass is 9.76. The summed E-state index contributed by atoms with van der Waals surface area (Å²) in [6.07, 6.45) is 0.781. The van der Waals surface area contributed by atoms with Crippen LogP contribution in [0.3, 0.4) is 0 Å². The lowest BCUT2D eigenvalue weighted by molar-refractivity contribution is -0.148. The summed E-state index contributed by atoms with van der Waals surface area (Å²) in [5.41, 5.74) is 0.590. The van der Waals surface area contributed by atoms with Crippen LogP contribution in [-0.4, -0.2) is 40.1 Å². The number of carbonyl (C=O) groups excluding carboxylic acids is 2. The molecule has 3 aromatic rings. The summed E-state index contributed by atoms with van der Waals surface area (Å²) in [6.45, 7) is 4.38. The number of halogens is 1. The predicted molar refractivity (Wildman–Crippen MR) is 146 cm³/mol. The molecule has 9 heteroatoms. The highest BCUT2D eigenvalue weighted by molar-refractivity contribution is 6.32.